The molecule has 0 bridgehead atoms. The molecule has 184 valence electrons. The van der Waals surface area contributed by atoms with E-state index in [-0.39, 0.29) is 19.8 Å². The molecule has 1 aromatic rings. The Morgan fingerprint density at radius 3 is 1.94 bits per heavy atom. The topological polar surface area (TPSA) is 102 Å². The summed E-state index contributed by atoms with van der Waals surface area (Å²) in [5.41, 5.74) is -0.444. The lowest BCUT2D eigenvalue weighted by Crippen LogP contribution is -2.28. The van der Waals surface area contributed by atoms with Crippen molar-refractivity contribution in [1.82, 2.24) is 5.32 Å². The first-order chi connectivity index (χ1) is 14.9. The molecular weight excluding hydrogens is 437 g/mol. The van der Waals surface area contributed by atoms with Crippen LogP contribution in [0.2, 0.25) is 0 Å². The van der Waals surface area contributed by atoms with Gasteiger partial charge in [-0.1, -0.05) is 30.3 Å². The average Bonchev–Trinajstić information content (AvgIpc) is 2.65. The van der Waals surface area contributed by atoms with Crippen LogP contribution < -0.4 is 5.32 Å². The Kier molecular flexibility index (Phi) is 12.4. The number of amides is 1. The van der Waals surface area contributed by atoms with E-state index in [2.05, 4.69) is 5.32 Å². The Morgan fingerprint density at radius 1 is 0.844 bits per heavy atom. The summed E-state index contributed by atoms with van der Waals surface area (Å²) in [7, 11) is -3.73. The van der Waals surface area contributed by atoms with Crippen LogP contribution in [0.25, 0.3) is 0 Å². The van der Waals surface area contributed by atoms with Gasteiger partial charge in [-0.15, -0.1) is 0 Å². The molecule has 10 heteroatoms. The number of hydrogen-bond acceptors (Lipinski definition) is 8. The second-order valence-electron chi connectivity index (χ2n) is 8.90. The van der Waals surface area contributed by atoms with Gasteiger partial charge in [0.25, 0.3) is 0 Å². The van der Waals surface area contributed by atoms with Gasteiger partial charge in [-0.3, -0.25) is 13.6 Å². The van der Waals surface area contributed by atoms with Crippen molar-refractivity contribution in [2.24, 2.45) is 0 Å². The summed E-state index contributed by atoms with van der Waals surface area (Å²) >= 11 is 0. The lowest BCUT2D eigenvalue weighted by Gasteiger charge is -2.30. The molecule has 0 aliphatic rings. The highest BCUT2D eigenvalue weighted by molar-refractivity contribution is 7.48. The van der Waals surface area contributed by atoms with Crippen LogP contribution in [0.1, 0.15) is 47.1 Å². The Labute approximate surface area is 191 Å². The van der Waals surface area contributed by atoms with Crippen LogP contribution >= 0.6 is 7.82 Å². The molecule has 1 rings (SSSR count). The maximum Gasteiger partial charge on any atom is 0.475 e. The molecule has 0 radical (unpaired) electrons. The molecule has 0 aliphatic carbocycles. The quantitative estimate of drug-likeness (QED) is 0.305. The van der Waals surface area contributed by atoms with E-state index >= 15 is 0 Å². The molecule has 0 unspecified atom stereocenters. The largest absolute Gasteiger partial charge is 0.475 e. The van der Waals surface area contributed by atoms with Gasteiger partial charge < -0.3 is 19.5 Å². The molecule has 0 heterocycles. The summed E-state index contributed by atoms with van der Waals surface area (Å²) in [6.07, 6.45) is -0.495. The molecule has 32 heavy (non-hydrogen) atoms. The van der Waals surface area contributed by atoms with Gasteiger partial charge >= 0.3 is 13.9 Å². The fourth-order valence-corrected chi connectivity index (χ4v) is 4.05. The number of carbonyl (C=O) groups excluding carboxylic acids is 1. The molecule has 1 N–H and O–H groups in total. The Morgan fingerprint density at radius 2 is 1.38 bits per heavy atom. The van der Waals surface area contributed by atoms with Crippen molar-refractivity contribution in [3.8, 4) is 0 Å². The zero-order valence-electron chi connectivity index (χ0n) is 20.0. The first-order valence-corrected chi connectivity index (χ1v) is 12.1. The predicted molar refractivity (Wildman–Crippen MR) is 122 cm³/mol. The minimum absolute atomic E-state index is 0.0538. The smallest absolute Gasteiger partial charge is 0.445 e. The third kappa shape index (κ3) is 15.3. The molecule has 0 spiro atoms. The van der Waals surface area contributed by atoms with Crippen molar-refractivity contribution in [3.63, 3.8) is 0 Å². The number of alkyl carbamates (subject to hydrolysis) is 1. The lowest BCUT2D eigenvalue weighted by molar-refractivity contribution is -0.0109. The second kappa shape index (κ2) is 13.9. The molecule has 0 aromatic heterocycles. The van der Waals surface area contributed by atoms with E-state index in [4.69, 9.17) is 27.8 Å². The highest BCUT2D eigenvalue weighted by Crippen LogP contribution is 2.55. The van der Waals surface area contributed by atoms with E-state index in [1.165, 1.54) is 0 Å². The summed E-state index contributed by atoms with van der Waals surface area (Å²) in [6.45, 7) is 12.5. The lowest BCUT2D eigenvalue weighted by atomic mass is 10.2. The fourth-order valence-electron chi connectivity index (χ4n) is 2.27. The van der Waals surface area contributed by atoms with Gasteiger partial charge in [0, 0.05) is 6.54 Å². The van der Waals surface area contributed by atoms with Crippen LogP contribution in [-0.4, -0.2) is 56.9 Å². The molecule has 1 aromatic carbocycles. The van der Waals surface area contributed by atoms with E-state index in [1.807, 2.05) is 30.3 Å². The second-order valence-corrected chi connectivity index (χ2v) is 10.4. The summed E-state index contributed by atoms with van der Waals surface area (Å²) in [5, 5.41) is 2.61. The number of ether oxygens (including phenoxy) is 3. The number of phosphoric ester groups is 1. The molecule has 0 saturated carbocycles. The predicted octanol–water partition coefficient (Wildman–Crippen LogP) is 4.70. The first kappa shape index (κ1) is 28.6. The maximum atomic E-state index is 12.8. The molecule has 0 aliphatic heterocycles. The standard InChI is InChI=1S/C22H38NO8P/c1-21(2,3)30-32(25,31-22(4,5)6)29-17-16-27-15-14-26-13-12-23-20(24)28-18-19-10-8-7-9-11-19/h7-11H,12-18H2,1-6H3,(H,23,24). The highest BCUT2D eigenvalue weighted by atomic mass is 31.2. The normalized spacial score (nSPS) is 12.6. The van der Waals surface area contributed by atoms with Crippen molar-refractivity contribution in [2.45, 2.75) is 59.4 Å². The Hall–Kier alpha value is -1.48. The molecule has 0 fully saturated rings. The van der Waals surface area contributed by atoms with E-state index in [1.54, 1.807) is 41.5 Å². The van der Waals surface area contributed by atoms with Gasteiger partial charge in [-0.2, -0.15) is 0 Å². The van der Waals surface area contributed by atoms with Gasteiger partial charge in [-0.05, 0) is 47.1 Å². The average molecular weight is 476 g/mol. The van der Waals surface area contributed by atoms with E-state index < -0.39 is 25.1 Å². The van der Waals surface area contributed by atoms with Crippen molar-refractivity contribution < 1.29 is 37.1 Å². The summed E-state index contributed by atoms with van der Waals surface area (Å²) < 4.78 is 45.2. The first-order valence-electron chi connectivity index (χ1n) is 10.6. The van der Waals surface area contributed by atoms with Gasteiger partial charge in [0.1, 0.15) is 6.61 Å². The van der Waals surface area contributed by atoms with Crippen molar-refractivity contribution >= 4 is 13.9 Å². The van der Waals surface area contributed by atoms with E-state index in [0.29, 0.717) is 26.4 Å². The van der Waals surface area contributed by atoms with Gasteiger partial charge in [0.15, 0.2) is 0 Å². The zero-order valence-corrected chi connectivity index (χ0v) is 20.9. The Bertz CT molecular complexity index is 680. The number of nitrogens with one attached hydrogen (secondary N) is 1. The number of hydrogen-bond donors (Lipinski definition) is 1. The third-order valence-electron chi connectivity index (χ3n) is 3.35. The fraction of sp³-hybridized carbons (Fsp3) is 0.682. The molecular formula is C22H38NO8P. The number of carbonyl (C=O) groups is 1. The van der Waals surface area contributed by atoms with Crippen molar-refractivity contribution in [1.29, 1.82) is 0 Å². The molecule has 1 amide bonds. The van der Waals surface area contributed by atoms with Crippen molar-refractivity contribution in [2.75, 3.05) is 39.6 Å². The summed E-state index contributed by atoms with van der Waals surface area (Å²) in [4.78, 5) is 11.6. The maximum absolute atomic E-state index is 12.8. The van der Waals surface area contributed by atoms with E-state index in [9.17, 15) is 9.36 Å². The molecule has 0 atom stereocenters. The summed E-state index contributed by atoms with van der Waals surface area (Å²) in [6, 6.07) is 9.44. The van der Waals surface area contributed by atoms with Crippen molar-refractivity contribution in [3.05, 3.63) is 35.9 Å². The Balaban J connectivity index is 2.08. The molecule has 0 saturated heterocycles. The number of rotatable bonds is 14. The third-order valence-corrected chi connectivity index (χ3v) is 5.39. The van der Waals surface area contributed by atoms with Crippen LogP contribution in [0.5, 0.6) is 0 Å². The van der Waals surface area contributed by atoms with Crippen LogP contribution in [0.3, 0.4) is 0 Å². The minimum atomic E-state index is -3.73. The monoisotopic (exact) mass is 475 g/mol. The van der Waals surface area contributed by atoms with E-state index in [0.717, 1.165) is 5.56 Å². The summed E-state index contributed by atoms with van der Waals surface area (Å²) in [5.74, 6) is 0. The van der Waals surface area contributed by atoms with Gasteiger partial charge in [0.2, 0.25) is 0 Å². The zero-order chi connectivity index (χ0) is 24.1. The highest BCUT2D eigenvalue weighted by Gasteiger charge is 2.36. The minimum Gasteiger partial charge on any atom is -0.445 e. The van der Waals surface area contributed by atoms with Crippen LogP contribution in [0.15, 0.2) is 30.3 Å². The number of benzene rings is 1. The molecule has 9 nitrogen and oxygen atoms in total. The van der Waals surface area contributed by atoms with Crippen LogP contribution in [0.4, 0.5) is 4.79 Å². The van der Waals surface area contributed by atoms with Gasteiger partial charge in [-0.25, -0.2) is 9.36 Å². The van der Waals surface area contributed by atoms with Crippen LogP contribution in [-0.2, 0) is 39.0 Å². The van der Waals surface area contributed by atoms with Gasteiger partial charge in [0.05, 0.1) is 44.2 Å². The SMILES string of the molecule is CC(C)(C)OP(=O)(OCCOCCOCCNC(=O)OCc1ccccc1)OC(C)(C)C. The number of phosphoric acid groups is 1. The van der Waals surface area contributed by atoms with Crippen LogP contribution in [0, 0.1) is 0 Å².